The van der Waals surface area contributed by atoms with Gasteiger partial charge in [0.1, 0.15) is 11.6 Å². The van der Waals surface area contributed by atoms with Gasteiger partial charge in [0.15, 0.2) is 0 Å². The van der Waals surface area contributed by atoms with E-state index < -0.39 is 0 Å². The molecule has 0 amide bonds. The van der Waals surface area contributed by atoms with E-state index >= 15 is 0 Å². The van der Waals surface area contributed by atoms with Gasteiger partial charge in [-0.3, -0.25) is 0 Å². The van der Waals surface area contributed by atoms with E-state index in [0.29, 0.717) is 0 Å². The van der Waals surface area contributed by atoms with E-state index in [4.69, 9.17) is 0 Å². The van der Waals surface area contributed by atoms with Gasteiger partial charge in [0.05, 0.1) is 0 Å². The predicted octanol–water partition coefficient (Wildman–Crippen LogP) is 4.16. The van der Waals surface area contributed by atoms with Crippen LogP contribution in [0.25, 0.3) is 0 Å². The smallest absolute Gasteiger partial charge is 0.132 e. The monoisotopic (exact) mass is 255 g/mol. The molecule has 0 spiro atoms. The fraction of sp³-hybridized carbons (Fsp3) is 0.312. The number of hydrogen-bond donors (Lipinski definition) is 2. The number of hydrogen-bond acceptors (Lipinski definition) is 3. The Kier molecular flexibility index (Phi) is 3.74. The van der Waals surface area contributed by atoms with Gasteiger partial charge in [-0.1, -0.05) is 39.0 Å². The summed E-state index contributed by atoms with van der Waals surface area (Å²) >= 11 is 0. The minimum Gasteiger partial charge on any atom is -0.373 e. The van der Waals surface area contributed by atoms with Crippen LogP contribution >= 0.6 is 0 Å². The van der Waals surface area contributed by atoms with Crippen molar-refractivity contribution in [3.63, 3.8) is 0 Å². The van der Waals surface area contributed by atoms with Crippen LogP contribution in [-0.4, -0.2) is 12.0 Å². The second-order valence-corrected chi connectivity index (χ2v) is 5.61. The highest BCUT2D eigenvalue weighted by Crippen LogP contribution is 2.24. The van der Waals surface area contributed by atoms with Crippen molar-refractivity contribution in [1.29, 1.82) is 0 Å². The van der Waals surface area contributed by atoms with E-state index in [1.807, 2.05) is 25.2 Å². The van der Waals surface area contributed by atoms with Crippen LogP contribution in [0.15, 0.2) is 42.5 Å². The van der Waals surface area contributed by atoms with Gasteiger partial charge in [-0.2, -0.15) is 0 Å². The molecule has 0 unspecified atom stereocenters. The fourth-order valence-corrected chi connectivity index (χ4v) is 1.85. The largest absolute Gasteiger partial charge is 0.373 e. The summed E-state index contributed by atoms with van der Waals surface area (Å²) in [4.78, 5) is 4.44. The van der Waals surface area contributed by atoms with Crippen LogP contribution in [0.2, 0.25) is 0 Å². The highest BCUT2D eigenvalue weighted by atomic mass is 15.0. The first-order valence-electron chi connectivity index (χ1n) is 6.51. The number of nitrogens with one attached hydrogen (secondary N) is 2. The van der Waals surface area contributed by atoms with Crippen molar-refractivity contribution in [2.45, 2.75) is 26.2 Å². The molecule has 0 aliphatic rings. The first-order valence-corrected chi connectivity index (χ1v) is 6.51. The summed E-state index contributed by atoms with van der Waals surface area (Å²) in [7, 11) is 1.87. The Morgan fingerprint density at radius 3 is 2.11 bits per heavy atom. The van der Waals surface area contributed by atoms with Crippen molar-refractivity contribution in [2.24, 2.45) is 0 Å². The lowest BCUT2D eigenvalue weighted by Crippen LogP contribution is -2.10. The molecule has 0 atom stereocenters. The number of rotatable bonds is 3. The minimum atomic E-state index is 0.183. The van der Waals surface area contributed by atoms with Crippen LogP contribution in [0.1, 0.15) is 26.3 Å². The summed E-state index contributed by atoms with van der Waals surface area (Å²) in [6.45, 7) is 6.65. The fourth-order valence-electron chi connectivity index (χ4n) is 1.85. The maximum atomic E-state index is 4.44. The van der Waals surface area contributed by atoms with Crippen LogP contribution in [0, 0.1) is 0 Å². The number of anilines is 3. The molecule has 0 aliphatic carbocycles. The molecule has 0 aliphatic heterocycles. The van der Waals surface area contributed by atoms with Crippen LogP contribution in [0.5, 0.6) is 0 Å². The second-order valence-electron chi connectivity index (χ2n) is 5.61. The van der Waals surface area contributed by atoms with Crippen molar-refractivity contribution in [3.05, 3.63) is 48.0 Å². The summed E-state index contributed by atoms with van der Waals surface area (Å²) < 4.78 is 0. The van der Waals surface area contributed by atoms with Crippen LogP contribution < -0.4 is 10.6 Å². The zero-order valence-corrected chi connectivity index (χ0v) is 12.0. The van der Waals surface area contributed by atoms with Crippen LogP contribution in [0.3, 0.4) is 0 Å². The van der Waals surface area contributed by atoms with Gasteiger partial charge in [-0.05, 0) is 35.2 Å². The van der Waals surface area contributed by atoms with Gasteiger partial charge in [-0.25, -0.2) is 4.98 Å². The number of nitrogens with zero attached hydrogens (tertiary/aromatic N) is 1. The van der Waals surface area contributed by atoms with Gasteiger partial charge in [0, 0.05) is 12.7 Å². The summed E-state index contributed by atoms with van der Waals surface area (Å²) in [5.74, 6) is 1.70. The summed E-state index contributed by atoms with van der Waals surface area (Å²) in [6, 6.07) is 14.4. The van der Waals surface area contributed by atoms with Crippen molar-refractivity contribution < 1.29 is 0 Å². The zero-order chi connectivity index (χ0) is 13.9. The molecule has 1 heterocycles. The van der Waals surface area contributed by atoms with Crippen LogP contribution in [0.4, 0.5) is 17.3 Å². The van der Waals surface area contributed by atoms with Crippen molar-refractivity contribution in [3.8, 4) is 0 Å². The molecule has 100 valence electrons. The molecule has 19 heavy (non-hydrogen) atoms. The Morgan fingerprint density at radius 2 is 1.53 bits per heavy atom. The maximum Gasteiger partial charge on any atom is 0.132 e. The standard InChI is InChI=1S/C16H21N3/c1-16(2,3)12-8-10-13(11-9-12)18-15-7-5-6-14(17-4)19-15/h5-11H,1-4H3,(H2,17,18,19). The Morgan fingerprint density at radius 1 is 0.895 bits per heavy atom. The number of pyridine rings is 1. The van der Waals surface area contributed by atoms with Crippen molar-refractivity contribution in [2.75, 3.05) is 17.7 Å². The highest BCUT2D eigenvalue weighted by Gasteiger charge is 2.12. The van der Waals surface area contributed by atoms with Gasteiger partial charge in [-0.15, -0.1) is 0 Å². The lowest BCUT2D eigenvalue weighted by molar-refractivity contribution is 0.590. The molecule has 0 bridgehead atoms. The van der Waals surface area contributed by atoms with E-state index in [9.17, 15) is 0 Å². The van der Waals surface area contributed by atoms with Gasteiger partial charge >= 0.3 is 0 Å². The molecule has 3 nitrogen and oxygen atoms in total. The van der Waals surface area contributed by atoms with Crippen LogP contribution in [-0.2, 0) is 5.41 Å². The average Bonchev–Trinajstić information content (AvgIpc) is 2.38. The predicted molar refractivity (Wildman–Crippen MR) is 82.2 cm³/mol. The topological polar surface area (TPSA) is 37.0 Å². The summed E-state index contributed by atoms with van der Waals surface area (Å²) in [5, 5.41) is 6.34. The molecule has 0 saturated heterocycles. The van der Waals surface area contributed by atoms with Crippen molar-refractivity contribution >= 4 is 17.3 Å². The van der Waals surface area contributed by atoms with E-state index in [1.165, 1.54) is 5.56 Å². The normalized spacial score (nSPS) is 11.2. The zero-order valence-electron chi connectivity index (χ0n) is 12.0. The quantitative estimate of drug-likeness (QED) is 0.864. The molecule has 3 heteroatoms. The highest BCUT2D eigenvalue weighted by molar-refractivity contribution is 5.58. The maximum absolute atomic E-state index is 4.44. The average molecular weight is 255 g/mol. The molecule has 2 rings (SSSR count). The Bertz CT molecular complexity index is 539. The van der Waals surface area contributed by atoms with E-state index in [1.54, 1.807) is 0 Å². The van der Waals surface area contributed by atoms with E-state index in [0.717, 1.165) is 17.3 Å². The van der Waals surface area contributed by atoms with Gasteiger partial charge in [0.2, 0.25) is 0 Å². The SMILES string of the molecule is CNc1cccc(Nc2ccc(C(C)(C)C)cc2)n1. The molecular weight excluding hydrogens is 234 g/mol. The molecule has 0 fully saturated rings. The summed E-state index contributed by atoms with van der Waals surface area (Å²) in [5.41, 5.74) is 2.56. The second kappa shape index (κ2) is 5.31. The Labute approximate surface area is 115 Å². The first-order chi connectivity index (χ1) is 8.99. The molecule has 2 N–H and O–H groups in total. The third-order valence-corrected chi connectivity index (χ3v) is 3.03. The molecular formula is C16H21N3. The number of benzene rings is 1. The van der Waals surface area contributed by atoms with Gasteiger partial charge in [0.25, 0.3) is 0 Å². The van der Waals surface area contributed by atoms with E-state index in [2.05, 4.69) is 60.7 Å². The number of aromatic nitrogens is 1. The first kappa shape index (κ1) is 13.4. The molecule has 0 saturated carbocycles. The lowest BCUT2D eigenvalue weighted by Gasteiger charge is -2.19. The molecule has 2 aromatic rings. The molecule has 1 aromatic carbocycles. The third kappa shape index (κ3) is 3.47. The summed E-state index contributed by atoms with van der Waals surface area (Å²) in [6.07, 6.45) is 0. The Hall–Kier alpha value is -2.03. The van der Waals surface area contributed by atoms with Gasteiger partial charge < -0.3 is 10.6 Å². The molecule has 0 radical (unpaired) electrons. The Balaban J connectivity index is 2.15. The lowest BCUT2D eigenvalue weighted by atomic mass is 9.87. The minimum absolute atomic E-state index is 0.183. The third-order valence-electron chi connectivity index (χ3n) is 3.03. The van der Waals surface area contributed by atoms with Crippen molar-refractivity contribution in [1.82, 2.24) is 4.98 Å². The van der Waals surface area contributed by atoms with E-state index in [-0.39, 0.29) is 5.41 Å². The molecule has 1 aromatic heterocycles.